The fourth-order valence-corrected chi connectivity index (χ4v) is 3.60. The topological polar surface area (TPSA) is 77.9 Å². The summed E-state index contributed by atoms with van der Waals surface area (Å²) in [5.41, 5.74) is 1.73. The van der Waals surface area contributed by atoms with Gasteiger partial charge in [-0.15, -0.1) is 0 Å². The molecule has 136 valence electrons. The smallest absolute Gasteiger partial charge is 0.253 e. The van der Waals surface area contributed by atoms with Gasteiger partial charge >= 0.3 is 0 Å². The largest absolute Gasteiger partial charge is 0.395 e. The van der Waals surface area contributed by atoms with E-state index in [0.29, 0.717) is 17.7 Å². The van der Waals surface area contributed by atoms with Crippen molar-refractivity contribution in [3.8, 4) is 0 Å². The lowest BCUT2D eigenvalue weighted by molar-refractivity contribution is 0.0719. The molecule has 24 heavy (non-hydrogen) atoms. The molecule has 0 unspecified atom stereocenters. The zero-order chi connectivity index (χ0) is 18.5. The summed E-state index contributed by atoms with van der Waals surface area (Å²) in [6, 6.07) is 3.15. The quantitative estimate of drug-likeness (QED) is 0.770. The number of hydrogen-bond donors (Lipinski definition) is 1. The van der Waals surface area contributed by atoms with Gasteiger partial charge in [0.2, 0.25) is 10.0 Å². The molecule has 1 amide bonds. The van der Waals surface area contributed by atoms with Crippen LogP contribution in [0.3, 0.4) is 0 Å². The van der Waals surface area contributed by atoms with E-state index in [4.69, 9.17) is 0 Å². The van der Waals surface area contributed by atoms with E-state index >= 15 is 0 Å². The molecule has 0 aliphatic rings. The van der Waals surface area contributed by atoms with Gasteiger partial charge in [-0.25, -0.2) is 12.7 Å². The molecule has 0 radical (unpaired) electrons. The van der Waals surface area contributed by atoms with Gasteiger partial charge in [-0.05, 0) is 43.5 Å². The Morgan fingerprint density at radius 1 is 1.17 bits per heavy atom. The lowest BCUT2D eigenvalue weighted by atomic mass is 10.1. The SMILES string of the molecule is CCCCN(CCO)C(=O)c1cc(C)c(C)c(S(=O)(=O)N(C)C)c1. The minimum atomic E-state index is -3.63. The average molecular weight is 356 g/mol. The Labute approximate surface area is 145 Å². The minimum absolute atomic E-state index is 0.122. The maximum Gasteiger partial charge on any atom is 0.253 e. The zero-order valence-corrected chi connectivity index (χ0v) is 16.0. The first-order chi connectivity index (χ1) is 11.2. The molecule has 7 heteroatoms. The maximum absolute atomic E-state index is 12.8. The molecular weight excluding hydrogens is 328 g/mol. The van der Waals surface area contributed by atoms with Gasteiger partial charge in [0.15, 0.2) is 0 Å². The fourth-order valence-electron chi connectivity index (χ4n) is 2.38. The number of aryl methyl sites for hydroxylation is 1. The van der Waals surface area contributed by atoms with E-state index in [9.17, 15) is 18.3 Å². The number of rotatable bonds is 8. The second-order valence-electron chi connectivity index (χ2n) is 6.07. The van der Waals surface area contributed by atoms with Gasteiger partial charge in [0.25, 0.3) is 5.91 Å². The first-order valence-corrected chi connectivity index (χ1v) is 9.54. The summed E-state index contributed by atoms with van der Waals surface area (Å²) >= 11 is 0. The highest BCUT2D eigenvalue weighted by Gasteiger charge is 2.24. The van der Waals surface area contributed by atoms with Crippen molar-refractivity contribution in [2.75, 3.05) is 33.8 Å². The third-order valence-corrected chi connectivity index (χ3v) is 6.01. The van der Waals surface area contributed by atoms with E-state index in [2.05, 4.69) is 0 Å². The van der Waals surface area contributed by atoms with Gasteiger partial charge in [-0.2, -0.15) is 0 Å². The van der Waals surface area contributed by atoms with Gasteiger partial charge in [-0.1, -0.05) is 13.3 Å². The van der Waals surface area contributed by atoms with Crippen LogP contribution in [0.4, 0.5) is 0 Å². The molecule has 6 nitrogen and oxygen atoms in total. The first-order valence-electron chi connectivity index (χ1n) is 8.10. The van der Waals surface area contributed by atoms with Gasteiger partial charge < -0.3 is 10.0 Å². The van der Waals surface area contributed by atoms with Crippen LogP contribution in [-0.2, 0) is 10.0 Å². The van der Waals surface area contributed by atoms with Crippen molar-refractivity contribution in [2.24, 2.45) is 0 Å². The lowest BCUT2D eigenvalue weighted by Gasteiger charge is -2.23. The number of aliphatic hydroxyl groups is 1. The molecule has 0 heterocycles. The van der Waals surface area contributed by atoms with Crippen molar-refractivity contribution in [2.45, 2.75) is 38.5 Å². The summed E-state index contributed by atoms with van der Waals surface area (Å²) in [7, 11) is -0.688. The van der Waals surface area contributed by atoms with Crippen LogP contribution in [0.5, 0.6) is 0 Å². The number of amides is 1. The average Bonchev–Trinajstić information content (AvgIpc) is 2.52. The molecule has 0 atom stereocenters. The Balaban J connectivity index is 3.34. The van der Waals surface area contributed by atoms with Crippen molar-refractivity contribution in [3.05, 3.63) is 28.8 Å². The number of nitrogens with zero attached hydrogens (tertiary/aromatic N) is 2. The van der Waals surface area contributed by atoms with E-state index in [-0.39, 0.29) is 24.0 Å². The van der Waals surface area contributed by atoms with Crippen molar-refractivity contribution in [1.82, 2.24) is 9.21 Å². The molecule has 1 aromatic rings. The van der Waals surface area contributed by atoms with Gasteiger partial charge in [-0.3, -0.25) is 4.79 Å². The molecule has 0 saturated heterocycles. The molecule has 0 aliphatic heterocycles. The Bertz CT molecular complexity index is 684. The zero-order valence-electron chi connectivity index (χ0n) is 15.2. The molecule has 0 spiro atoms. The number of unbranched alkanes of at least 4 members (excludes halogenated alkanes) is 1. The highest BCUT2D eigenvalue weighted by molar-refractivity contribution is 7.89. The Morgan fingerprint density at radius 2 is 1.79 bits per heavy atom. The maximum atomic E-state index is 12.8. The number of aliphatic hydroxyl groups excluding tert-OH is 1. The Hall–Kier alpha value is -1.44. The predicted molar refractivity (Wildman–Crippen MR) is 94.7 cm³/mol. The van der Waals surface area contributed by atoms with Crippen LogP contribution < -0.4 is 0 Å². The lowest BCUT2D eigenvalue weighted by Crippen LogP contribution is -2.34. The Kier molecular flexibility index (Phi) is 7.38. The van der Waals surface area contributed by atoms with Crippen LogP contribution in [0.2, 0.25) is 0 Å². The van der Waals surface area contributed by atoms with Crippen LogP contribution in [0.15, 0.2) is 17.0 Å². The third-order valence-electron chi connectivity index (χ3n) is 4.06. The van der Waals surface area contributed by atoms with E-state index < -0.39 is 10.0 Å². The van der Waals surface area contributed by atoms with Crippen molar-refractivity contribution in [3.63, 3.8) is 0 Å². The second kappa shape index (κ2) is 8.60. The van der Waals surface area contributed by atoms with E-state index in [1.165, 1.54) is 20.2 Å². The van der Waals surface area contributed by atoms with Crippen molar-refractivity contribution in [1.29, 1.82) is 0 Å². The normalized spacial score (nSPS) is 11.8. The van der Waals surface area contributed by atoms with Crippen molar-refractivity contribution < 1.29 is 18.3 Å². The minimum Gasteiger partial charge on any atom is -0.395 e. The van der Waals surface area contributed by atoms with Gasteiger partial charge in [0.1, 0.15) is 0 Å². The van der Waals surface area contributed by atoms with Crippen LogP contribution in [-0.4, -0.2) is 62.4 Å². The molecule has 0 aliphatic carbocycles. The molecule has 0 fully saturated rings. The fraction of sp³-hybridized carbons (Fsp3) is 0.588. The van der Waals surface area contributed by atoms with E-state index in [1.807, 2.05) is 6.92 Å². The monoisotopic (exact) mass is 356 g/mol. The highest BCUT2D eigenvalue weighted by Crippen LogP contribution is 2.24. The number of sulfonamides is 1. The number of benzene rings is 1. The molecule has 1 rings (SSSR count). The standard InChI is InChI=1S/C17H28N2O4S/c1-6-7-8-19(9-10-20)17(21)15-11-13(2)14(3)16(12-15)24(22,23)18(4)5/h11-12,20H,6-10H2,1-5H3. The van der Waals surface area contributed by atoms with Gasteiger partial charge in [0.05, 0.1) is 11.5 Å². The molecule has 1 aromatic carbocycles. The van der Waals surface area contributed by atoms with Crippen LogP contribution >= 0.6 is 0 Å². The Morgan fingerprint density at radius 3 is 2.29 bits per heavy atom. The first kappa shape index (κ1) is 20.6. The summed E-state index contributed by atoms with van der Waals surface area (Å²) < 4.78 is 26.2. The van der Waals surface area contributed by atoms with E-state index in [1.54, 1.807) is 24.8 Å². The second-order valence-corrected chi connectivity index (χ2v) is 8.19. The van der Waals surface area contributed by atoms with Gasteiger partial charge in [0, 0.05) is 32.7 Å². The van der Waals surface area contributed by atoms with Crippen LogP contribution in [0.1, 0.15) is 41.3 Å². The van der Waals surface area contributed by atoms with Crippen molar-refractivity contribution >= 4 is 15.9 Å². The molecular formula is C17H28N2O4S. The van der Waals surface area contributed by atoms with E-state index in [0.717, 1.165) is 22.7 Å². The summed E-state index contributed by atoms with van der Waals surface area (Å²) in [5.74, 6) is -0.254. The summed E-state index contributed by atoms with van der Waals surface area (Å²) in [6.07, 6.45) is 1.77. The van der Waals surface area contributed by atoms with Crippen LogP contribution in [0, 0.1) is 13.8 Å². The van der Waals surface area contributed by atoms with Crippen LogP contribution in [0.25, 0.3) is 0 Å². The number of carbonyl (C=O) groups excluding carboxylic acids is 1. The molecule has 1 N–H and O–H groups in total. The predicted octanol–water partition coefficient (Wildman–Crippen LogP) is 1.79. The molecule has 0 bridgehead atoms. The molecule has 0 aromatic heterocycles. The number of carbonyl (C=O) groups is 1. The third kappa shape index (κ3) is 4.55. The summed E-state index contributed by atoms with van der Waals surface area (Å²) in [6.45, 7) is 6.22. The highest BCUT2D eigenvalue weighted by atomic mass is 32.2. The summed E-state index contributed by atoms with van der Waals surface area (Å²) in [5, 5.41) is 9.19. The number of hydrogen-bond acceptors (Lipinski definition) is 4. The molecule has 0 saturated carbocycles. The summed E-state index contributed by atoms with van der Waals surface area (Å²) in [4.78, 5) is 14.5.